The Labute approximate surface area is 142 Å². The van der Waals surface area contributed by atoms with Crippen molar-refractivity contribution >= 4 is 23.2 Å². The lowest BCUT2D eigenvalue weighted by molar-refractivity contribution is -0.385. The zero-order chi connectivity index (χ0) is 17.7. The van der Waals surface area contributed by atoms with Crippen LogP contribution in [0.4, 0.5) is 10.1 Å². The molecule has 2 rings (SSSR count). The van der Waals surface area contributed by atoms with E-state index < -0.39 is 22.3 Å². The van der Waals surface area contributed by atoms with Gasteiger partial charge in [-0.3, -0.25) is 14.9 Å². The third-order valence-electron chi connectivity index (χ3n) is 3.25. The summed E-state index contributed by atoms with van der Waals surface area (Å²) in [6.07, 6.45) is 0. The molecule has 0 unspecified atom stereocenters. The Morgan fingerprint density at radius 3 is 2.62 bits per heavy atom. The van der Waals surface area contributed by atoms with E-state index in [4.69, 9.17) is 16.3 Å². The van der Waals surface area contributed by atoms with Crippen LogP contribution in [0.1, 0.15) is 15.9 Å². The van der Waals surface area contributed by atoms with Crippen molar-refractivity contribution in [2.24, 2.45) is 0 Å². The molecule has 0 saturated heterocycles. The molecular formula is C16H14ClFN2O4. The van der Waals surface area contributed by atoms with E-state index in [0.717, 1.165) is 12.1 Å². The summed E-state index contributed by atoms with van der Waals surface area (Å²) in [6, 6.07) is 8.73. The molecule has 0 aromatic heterocycles. The monoisotopic (exact) mass is 352 g/mol. The summed E-state index contributed by atoms with van der Waals surface area (Å²) in [6.45, 7) is 1.63. The van der Waals surface area contributed by atoms with Crippen molar-refractivity contribution in [3.8, 4) is 5.75 Å². The van der Waals surface area contributed by atoms with E-state index in [1.54, 1.807) is 24.3 Å². The van der Waals surface area contributed by atoms with Crippen molar-refractivity contribution < 1.29 is 18.8 Å². The van der Waals surface area contributed by atoms with Crippen molar-refractivity contribution in [3.63, 3.8) is 0 Å². The van der Waals surface area contributed by atoms with Crippen LogP contribution in [0.15, 0.2) is 36.4 Å². The molecule has 0 bridgehead atoms. The van der Waals surface area contributed by atoms with Crippen molar-refractivity contribution in [2.75, 3.05) is 13.2 Å². The van der Waals surface area contributed by atoms with Crippen molar-refractivity contribution in [2.45, 2.75) is 6.92 Å². The highest BCUT2D eigenvalue weighted by molar-refractivity contribution is 6.30. The maximum absolute atomic E-state index is 13.7. The third-order valence-corrected chi connectivity index (χ3v) is 3.50. The molecule has 0 atom stereocenters. The maximum Gasteiger partial charge on any atom is 0.276 e. The van der Waals surface area contributed by atoms with Crippen LogP contribution in [0.25, 0.3) is 0 Å². The number of ether oxygens (including phenoxy) is 1. The van der Waals surface area contributed by atoms with Crippen LogP contribution in [0.5, 0.6) is 5.75 Å². The molecule has 0 aliphatic heterocycles. The van der Waals surface area contributed by atoms with E-state index >= 15 is 0 Å². The lowest BCUT2D eigenvalue weighted by Crippen LogP contribution is -2.28. The molecule has 2 aromatic carbocycles. The summed E-state index contributed by atoms with van der Waals surface area (Å²) in [4.78, 5) is 22.1. The van der Waals surface area contributed by atoms with Crippen molar-refractivity contribution in [1.82, 2.24) is 5.32 Å². The summed E-state index contributed by atoms with van der Waals surface area (Å²) >= 11 is 5.75. The fourth-order valence-corrected chi connectivity index (χ4v) is 2.08. The predicted molar refractivity (Wildman–Crippen MR) is 87.1 cm³/mol. The minimum atomic E-state index is -0.799. The van der Waals surface area contributed by atoms with Gasteiger partial charge in [-0.15, -0.1) is 0 Å². The van der Waals surface area contributed by atoms with Crippen LogP contribution in [0, 0.1) is 22.9 Å². The van der Waals surface area contributed by atoms with Crippen LogP contribution in [-0.2, 0) is 0 Å². The maximum atomic E-state index is 13.7. The van der Waals surface area contributed by atoms with Gasteiger partial charge in [0.25, 0.3) is 11.6 Å². The number of benzene rings is 2. The average Bonchev–Trinajstić information content (AvgIpc) is 2.55. The number of nitro groups is 1. The number of carbonyl (C=O) groups is 1. The first-order valence-electron chi connectivity index (χ1n) is 6.99. The van der Waals surface area contributed by atoms with Gasteiger partial charge in [-0.05, 0) is 37.3 Å². The molecule has 6 nitrogen and oxygen atoms in total. The number of amides is 1. The lowest BCUT2D eigenvalue weighted by Gasteiger charge is -2.08. The normalized spacial score (nSPS) is 10.3. The van der Waals surface area contributed by atoms with Gasteiger partial charge >= 0.3 is 0 Å². The van der Waals surface area contributed by atoms with E-state index in [0.29, 0.717) is 10.8 Å². The second kappa shape index (κ2) is 7.74. The molecule has 2 aromatic rings. The first-order valence-corrected chi connectivity index (χ1v) is 7.37. The van der Waals surface area contributed by atoms with Gasteiger partial charge in [0.15, 0.2) is 0 Å². The van der Waals surface area contributed by atoms with Crippen molar-refractivity contribution in [3.05, 3.63) is 68.5 Å². The van der Waals surface area contributed by atoms with Gasteiger partial charge in [-0.25, -0.2) is 4.39 Å². The van der Waals surface area contributed by atoms with E-state index in [-0.39, 0.29) is 24.3 Å². The van der Waals surface area contributed by atoms with E-state index in [2.05, 4.69) is 5.32 Å². The second-order valence-electron chi connectivity index (χ2n) is 4.92. The predicted octanol–water partition coefficient (Wildman–Crippen LogP) is 3.50. The fraction of sp³-hybridized carbons (Fsp3) is 0.188. The second-order valence-corrected chi connectivity index (χ2v) is 5.35. The molecule has 0 spiro atoms. The first kappa shape index (κ1) is 17.7. The Morgan fingerprint density at radius 1 is 1.33 bits per heavy atom. The number of halogens is 2. The van der Waals surface area contributed by atoms with Gasteiger partial charge in [0.2, 0.25) is 0 Å². The minimum absolute atomic E-state index is 0.109. The number of nitrogens with one attached hydrogen (secondary N) is 1. The van der Waals surface area contributed by atoms with E-state index in [1.807, 2.05) is 0 Å². The number of nitro benzene ring substituents is 1. The molecule has 126 valence electrons. The molecule has 0 heterocycles. The Hall–Kier alpha value is -2.67. The highest BCUT2D eigenvalue weighted by Crippen LogP contribution is 2.22. The zero-order valence-electron chi connectivity index (χ0n) is 12.7. The van der Waals surface area contributed by atoms with Crippen LogP contribution in [0.2, 0.25) is 5.02 Å². The summed E-state index contributed by atoms with van der Waals surface area (Å²) in [5.74, 6) is -0.825. The van der Waals surface area contributed by atoms with Crippen LogP contribution in [0.3, 0.4) is 0 Å². The Balaban J connectivity index is 1.93. The van der Waals surface area contributed by atoms with Crippen LogP contribution >= 0.6 is 11.6 Å². The Bertz CT molecular complexity index is 765. The number of rotatable bonds is 6. The van der Waals surface area contributed by atoms with Gasteiger partial charge in [-0.1, -0.05) is 11.6 Å². The summed E-state index contributed by atoms with van der Waals surface area (Å²) < 4.78 is 19.1. The lowest BCUT2D eigenvalue weighted by atomic mass is 10.1. The largest absolute Gasteiger partial charge is 0.492 e. The molecule has 0 aliphatic carbocycles. The molecule has 0 aliphatic rings. The van der Waals surface area contributed by atoms with E-state index in [1.165, 1.54) is 6.92 Å². The highest BCUT2D eigenvalue weighted by Gasteiger charge is 2.19. The van der Waals surface area contributed by atoms with Crippen LogP contribution in [-0.4, -0.2) is 24.0 Å². The molecular weight excluding hydrogens is 339 g/mol. The van der Waals surface area contributed by atoms with Crippen molar-refractivity contribution in [1.29, 1.82) is 0 Å². The Kier molecular flexibility index (Phi) is 5.70. The summed E-state index contributed by atoms with van der Waals surface area (Å²) in [5, 5.41) is 14.0. The fourth-order valence-electron chi connectivity index (χ4n) is 1.95. The number of hydrogen-bond acceptors (Lipinski definition) is 4. The molecule has 0 fully saturated rings. The first-order chi connectivity index (χ1) is 11.4. The quantitative estimate of drug-likeness (QED) is 0.490. The zero-order valence-corrected chi connectivity index (χ0v) is 13.5. The van der Waals surface area contributed by atoms with Gasteiger partial charge in [0.1, 0.15) is 18.2 Å². The van der Waals surface area contributed by atoms with Crippen LogP contribution < -0.4 is 10.1 Å². The topological polar surface area (TPSA) is 81.5 Å². The van der Waals surface area contributed by atoms with E-state index in [9.17, 15) is 19.3 Å². The van der Waals surface area contributed by atoms with Gasteiger partial charge in [0, 0.05) is 16.7 Å². The third kappa shape index (κ3) is 4.42. The standard InChI is InChI=1S/C16H14ClFN2O4/c1-10-14(18)8-11(9-15(10)20(22)23)16(21)19-6-7-24-13-4-2-12(17)3-5-13/h2-5,8-9H,6-7H2,1H3,(H,19,21). The van der Waals surface area contributed by atoms with Gasteiger partial charge < -0.3 is 10.1 Å². The molecule has 0 saturated carbocycles. The number of nitrogens with zero attached hydrogens (tertiary/aromatic N) is 1. The van der Waals surface area contributed by atoms with Gasteiger partial charge in [-0.2, -0.15) is 0 Å². The number of hydrogen-bond donors (Lipinski definition) is 1. The van der Waals surface area contributed by atoms with Gasteiger partial charge in [0.05, 0.1) is 17.0 Å². The molecule has 24 heavy (non-hydrogen) atoms. The SMILES string of the molecule is Cc1c(F)cc(C(=O)NCCOc2ccc(Cl)cc2)cc1[N+](=O)[O-]. The molecule has 1 amide bonds. The highest BCUT2D eigenvalue weighted by atomic mass is 35.5. The molecule has 1 N–H and O–H groups in total. The molecule has 8 heteroatoms. The summed E-state index contributed by atoms with van der Waals surface area (Å²) in [5.41, 5.74) is -0.656. The smallest absolute Gasteiger partial charge is 0.276 e. The molecule has 0 radical (unpaired) electrons. The Morgan fingerprint density at radius 2 is 2.00 bits per heavy atom. The number of carbonyl (C=O) groups excluding carboxylic acids is 1. The average molecular weight is 353 g/mol. The minimum Gasteiger partial charge on any atom is -0.492 e. The summed E-state index contributed by atoms with van der Waals surface area (Å²) in [7, 11) is 0.